The van der Waals surface area contributed by atoms with Crippen molar-refractivity contribution < 1.29 is 9.53 Å². The SMILES string of the molecule is CC1CCC(C(C)C)C(OC(=O)[C@@H]2CC2(C)C)C1. The molecule has 3 unspecified atom stereocenters. The summed E-state index contributed by atoms with van der Waals surface area (Å²) in [6.45, 7) is 11.1. The maximum absolute atomic E-state index is 12.1. The molecule has 2 aliphatic carbocycles. The van der Waals surface area contributed by atoms with Crippen molar-refractivity contribution in [1.82, 2.24) is 0 Å². The maximum Gasteiger partial charge on any atom is 0.309 e. The summed E-state index contributed by atoms with van der Waals surface area (Å²) in [5.41, 5.74) is 0.185. The van der Waals surface area contributed by atoms with Gasteiger partial charge in [-0.25, -0.2) is 0 Å². The van der Waals surface area contributed by atoms with Crippen molar-refractivity contribution in [3.05, 3.63) is 0 Å². The highest BCUT2D eigenvalue weighted by Crippen LogP contribution is 2.52. The van der Waals surface area contributed by atoms with Crippen LogP contribution < -0.4 is 0 Å². The zero-order chi connectivity index (χ0) is 13.5. The minimum Gasteiger partial charge on any atom is -0.462 e. The van der Waals surface area contributed by atoms with Crippen LogP contribution in [0.3, 0.4) is 0 Å². The minimum atomic E-state index is 0.0600. The molecule has 18 heavy (non-hydrogen) atoms. The lowest BCUT2D eigenvalue weighted by molar-refractivity contribution is -0.158. The van der Waals surface area contributed by atoms with Crippen LogP contribution in [0.25, 0.3) is 0 Å². The molecule has 2 fully saturated rings. The molecule has 2 nitrogen and oxygen atoms in total. The van der Waals surface area contributed by atoms with E-state index in [1.54, 1.807) is 0 Å². The Morgan fingerprint density at radius 2 is 1.89 bits per heavy atom. The molecule has 0 aliphatic heterocycles. The van der Waals surface area contributed by atoms with Crippen LogP contribution in [-0.4, -0.2) is 12.1 Å². The molecule has 0 N–H and O–H groups in total. The van der Waals surface area contributed by atoms with Crippen LogP contribution in [0.4, 0.5) is 0 Å². The summed E-state index contributed by atoms with van der Waals surface area (Å²) < 4.78 is 5.86. The van der Waals surface area contributed by atoms with Crippen LogP contribution in [0.5, 0.6) is 0 Å². The Bertz CT molecular complexity index is 319. The van der Waals surface area contributed by atoms with E-state index in [0.717, 1.165) is 12.8 Å². The number of carbonyl (C=O) groups excluding carboxylic acids is 1. The highest BCUT2D eigenvalue weighted by molar-refractivity contribution is 5.76. The Morgan fingerprint density at radius 1 is 1.28 bits per heavy atom. The van der Waals surface area contributed by atoms with Crippen molar-refractivity contribution in [2.24, 2.45) is 29.1 Å². The highest BCUT2D eigenvalue weighted by Gasteiger charge is 2.52. The molecule has 0 amide bonds. The first kappa shape index (κ1) is 13.9. The predicted molar refractivity (Wildman–Crippen MR) is 73.1 cm³/mol. The minimum absolute atomic E-state index is 0.0600. The summed E-state index contributed by atoms with van der Waals surface area (Å²) in [7, 11) is 0. The van der Waals surface area contributed by atoms with Crippen LogP contribution in [0.2, 0.25) is 0 Å². The van der Waals surface area contributed by atoms with Crippen molar-refractivity contribution in [2.75, 3.05) is 0 Å². The van der Waals surface area contributed by atoms with Gasteiger partial charge in [0, 0.05) is 0 Å². The second kappa shape index (κ2) is 4.86. The molecule has 0 heterocycles. The van der Waals surface area contributed by atoms with Crippen LogP contribution in [0.1, 0.15) is 60.3 Å². The first-order valence-corrected chi connectivity index (χ1v) is 7.51. The monoisotopic (exact) mass is 252 g/mol. The third-order valence-electron chi connectivity index (χ3n) is 5.03. The molecule has 4 atom stereocenters. The Balaban J connectivity index is 1.94. The molecule has 0 bridgehead atoms. The molecule has 0 spiro atoms. The third-order valence-corrected chi connectivity index (χ3v) is 5.03. The maximum atomic E-state index is 12.1. The smallest absolute Gasteiger partial charge is 0.309 e. The van der Waals surface area contributed by atoms with Gasteiger partial charge in [-0.1, -0.05) is 41.0 Å². The fourth-order valence-corrected chi connectivity index (χ4v) is 3.35. The number of esters is 1. The van der Waals surface area contributed by atoms with Crippen molar-refractivity contribution >= 4 is 5.97 Å². The van der Waals surface area contributed by atoms with Crippen molar-refractivity contribution in [3.8, 4) is 0 Å². The molecule has 0 aromatic carbocycles. The molecular formula is C16H28O2. The zero-order valence-electron chi connectivity index (χ0n) is 12.5. The second-order valence-corrected chi connectivity index (χ2v) is 7.55. The van der Waals surface area contributed by atoms with Crippen LogP contribution >= 0.6 is 0 Å². The van der Waals surface area contributed by atoms with E-state index < -0.39 is 0 Å². The van der Waals surface area contributed by atoms with Crippen LogP contribution in [0, 0.1) is 29.1 Å². The van der Waals surface area contributed by atoms with Gasteiger partial charge < -0.3 is 4.74 Å². The van der Waals surface area contributed by atoms with Gasteiger partial charge in [0.25, 0.3) is 0 Å². The van der Waals surface area contributed by atoms with Crippen molar-refractivity contribution in [3.63, 3.8) is 0 Å². The number of hydrogen-bond acceptors (Lipinski definition) is 2. The fraction of sp³-hybridized carbons (Fsp3) is 0.938. The zero-order valence-corrected chi connectivity index (χ0v) is 12.5. The van der Waals surface area contributed by atoms with E-state index >= 15 is 0 Å². The molecule has 2 aliphatic rings. The van der Waals surface area contributed by atoms with Gasteiger partial charge in [-0.15, -0.1) is 0 Å². The van der Waals surface area contributed by atoms with Crippen molar-refractivity contribution in [2.45, 2.75) is 66.4 Å². The van der Waals surface area contributed by atoms with E-state index in [9.17, 15) is 4.79 Å². The number of rotatable bonds is 3. The van der Waals surface area contributed by atoms with E-state index in [2.05, 4.69) is 34.6 Å². The number of ether oxygens (including phenoxy) is 1. The van der Waals surface area contributed by atoms with E-state index in [1.165, 1.54) is 12.8 Å². The fourth-order valence-electron chi connectivity index (χ4n) is 3.35. The van der Waals surface area contributed by atoms with Crippen LogP contribution in [0.15, 0.2) is 0 Å². The topological polar surface area (TPSA) is 26.3 Å². The molecule has 2 saturated carbocycles. The van der Waals surface area contributed by atoms with Gasteiger partial charge in [-0.05, 0) is 42.4 Å². The lowest BCUT2D eigenvalue weighted by Gasteiger charge is -2.36. The summed E-state index contributed by atoms with van der Waals surface area (Å²) in [6, 6.07) is 0. The highest BCUT2D eigenvalue weighted by atomic mass is 16.5. The Kier molecular flexibility index (Phi) is 3.75. The van der Waals surface area contributed by atoms with Crippen molar-refractivity contribution in [1.29, 1.82) is 0 Å². The largest absolute Gasteiger partial charge is 0.462 e. The molecule has 104 valence electrons. The van der Waals surface area contributed by atoms with E-state index in [-0.39, 0.29) is 23.4 Å². The molecule has 0 aromatic rings. The predicted octanol–water partition coefficient (Wildman–Crippen LogP) is 4.04. The number of carbonyl (C=O) groups is 1. The van der Waals surface area contributed by atoms with Gasteiger partial charge in [0.15, 0.2) is 0 Å². The lowest BCUT2D eigenvalue weighted by Crippen LogP contribution is -2.36. The molecule has 2 heteroatoms. The van der Waals surface area contributed by atoms with Gasteiger partial charge in [-0.3, -0.25) is 4.79 Å². The quantitative estimate of drug-likeness (QED) is 0.709. The first-order chi connectivity index (χ1) is 8.31. The normalized spacial score (nSPS) is 38.6. The van der Waals surface area contributed by atoms with E-state index in [0.29, 0.717) is 17.8 Å². The van der Waals surface area contributed by atoms with Crippen LogP contribution in [-0.2, 0) is 9.53 Å². The summed E-state index contributed by atoms with van der Waals surface area (Å²) in [5.74, 6) is 2.09. The molecule has 2 rings (SSSR count). The second-order valence-electron chi connectivity index (χ2n) is 7.55. The summed E-state index contributed by atoms with van der Waals surface area (Å²) in [4.78, 5) is 12.1. The van der Waals surface area contributed by atoms with E-state index in [4.69, 9.17) is 4.74 Å². The molecular weight excluding hydrogens is 224 g/mol. The van der Waals surface area contributed by atoms with Gasteiger partial charge in [0.1, 0.15) is 6.10 Å². The van der Waals surface area contributed by atoms with E-state index in [1.807, 2.05) is 0 Å². The average Bonchev–Trinajstić information content (AvgIpc) is 2.87. The third kappa shape index (κ3) is 2.89. The van der Waals surface area contributed by atoms with Gasteiger partial charge in [-0.2, -0.15) is 0 Å². The lowest BCUT2D eigenvalue weighted by atomic mass is 9.75. The van der Waals surface area contributed by atoms with Gasteiger partial charge in [0.2, 0.25) is 0 Å². The summed E-state index contributed by atoms with van der Waals surface area (Å²) in [6.07, 6.45) is 4.72. The van der Waals surface area contributed by atoms with Gasteiger partial charge >= 0.3 is 5.97 Å². The number of hydrogen-bond donors (Lipinski definition) is 0. The average molecular weight is 252 g/mol. The Labute approximate surface area is 111 Å². The molecule has 0 saturated heterocycles. The Morgan fingerprint density at radius 3 is 2.39 bits per heavy atom. The Hall–Kier alpha value is -0.530. The van der Waals surface area contributed by atoms with Gasteiger partial charge in [0.05, 0.1) is 5.92 Å². The summed E-state index contributed by atoms with van der Waals surface area (Å²) >= 11 is 0. The first-order valence-electron chi connectivity index (χ1n) is 7.51. The molecule has 0 radical (unpaired) electrons. The molecule has 0 aromatic heterocycles. The summed E-state index contributed by atoms with van der Waals surface area (Å²) in [5, 5.41) is 0. The standard InChI is InChI=1S/C16H28O2/c1-10(2)12-7-6-11(3)8-14(12)18-15(17)13-9-16(13,4)5/h10-14H,6-9H2,1-5H3/t11?,12?,13-,14?/m0/s1.